The molecule has 0 radical (unpaired) electrons. The maximum atomic E-state index is 6.02. The predicted molar refractivity (Wildman–Crippen MR) is 118 cm³/mol. The van der Waals surface area contributed by atoms with E-state index in [1.165, 1.54) is 34.1 Å². The van der Waals surface area contributed by atoms with Gasteiger partial charge >= 0.3 is 0 Å². The zero-order chi connectivity index (χ0) is 17.9. The number of hydrogen-bond donors (Lipinski definition) is 0. The zero-order valence-corrected chi connectivity index (χ0v) is 17.5. The van der Waals surface area contributed by atoms with Gasteiger partial charge in [-0.25, -0.2) is 0 Å². The Hall–Kier alpha value is -0.910. The van der Waals surface area contributed by atoms with Crippen LogP contribution in [0.25, 0.3) is 0 Å². The van der Waals surface area contributed by atoms with Gasteiger partial charge < -0.3 is 9.47 Å². The van der Waals surface area contributed by atoms with E-state index >= 15 is 0 Å². The largest absolute Gasteiger partial charge is 0.493 e. The van der Waals surface area contributed by atoms with Crippen molar-refractivity contribution in [3.05, 3.63) is 59.7 Å². The Morgan fingerprint density at radius 3 is 1.58 bits per heavy atom. The van der Waals surface area contributed by atoms with Gasteiger partial charge in [0.2, 0.25) is 0 Å². The molecule has 0 aromatic heterocycles. The molecule has 2 aromatic rings. The Morgan fingerprint density at radius 2 is 1.04 bits per heavy atom. The molecule has 0 unspecified atom stereocenters. The van der Waals surface area contributed by atoms with E-state index in [0.717, 1.165) is 29.4 Å². The second-order valence-electron chi connectivity index (χ2n) is 5.98. The highest BCUT2D eigenvalue weighted by molar-refractivity contribution is 8.04. The average molecular weight is 407 g/mol. The summed E-state index contributed by atoms with van der Waals surface area (Å²) in [5.74, 6) is 8.91. The first-order valence-electron chi connectivity index (χ1n) is 9.08. The summed E-state index contributed by atoms with van der Waals surface area (Å²) in [4.78, 5) is 0. The lowest BCUT2D eigenvalue weighted by molar-refractivity contribution is 0.245. The maximum absolute atomic E-state index is 6.02. The SMILES string of the molecule is c1ccc2c(c1)CSCCSCCSCc1ccccc1OCCCO2. The highest BCUT2D eigenvalue weighted by Gasteiger charge is 2.06. The summed E-state index contributed by atoms with van der Waals surface area (Å²) in [7, 11) is 0. The van der Waals surface area contributed by atoms with Crippen molar-refractivity contribution in [3.63, 3.8) is 0 Å². The van der Waals surface area contributed by atoms with Crippen LogP contribution in [-0.4, -0.2) is 36.2 Å². The van der Waals surface area contributed by atoms with Crippen LogP contribution in [-0.2, 0) is 11.5 Å². The summed E-state index contributed by atoms with van der Waals surface area (Å²) in [6, 6.07) is 16.8. The van der Waals surface area contributed by atoms with Gasteiger partial charge in [-0.2, -0.15) is 35.3 Å². The van der Waals surface area contributed by atoms with Gasteiger partial charge in [-0.05, 0) is 12.1 Å². The molecule has 0 fully saturated rings. The fraction of sp³-hybridized carbons (Fsp3) is 0.429. The minimum Gasteiger partial charge on any atom is -0.493 e. The Morgan fingerprint density at radius 1 is 0.577 bits per heavy atom. The molecule has 140 valence electrons. The highest BCUT2D eigenvalue weighted by atomic mass is 32.2. The number of benzene rings is 2. The second kappa shape index (κ2) is 11.7. The van der Waals surface area contributed by atoms with Crippen LogP contribution in [0.5, 0.6) is 11.5 Å². The third kappa shape index (κ3) is 6.67. The van der Waals surface area contributed by atoms with Crippen molar-refractivity contribution in [1.82, 2.24) is 0 Å². The molecular weight excluding hydrogens is 380 g/mol. The summed E-state index contributed by atoms with van der Waals surface area (Å²) in [5.41, 5.74) is 2.59. The van der Waals surface area contributed by atoms with E-state index < -0.39 is 0 Å². The van der Waals surface area contributed by atoms with Gasteiger partial charge in [0.1, 0.15) is 11.5 Å². The predicted octanol–water partition coefficient (Wildman–Crippen LogP) is 5.75. The summed E-state index contributed by atoms with van der Waals surface area (Å²) < 4.78 is 12.0. The molecule has 0 atom stereocenters. The number of thioether (sulfide) groups is 3. The highest BCUT2D eigenvalue weighted by Crippen LogP contribution is 2.26. The van der Waals surface area contributed by atoms with Crippen molar-refractivity contribution in [2.45, 2.75) is 17.9 Å². The molecule has 0 bridgehead atoms. The fourth-order valence-corrected chi connectivity index (χ4v) is 5.95. The molecule has 3 rings (SSSR count). The first kappa shape index (κ1) is 19.8. The van der Waals surface area contributed by atoms with Gasteiger partial charge in [0.05, 0.1) is 13.2 Å². The molecule has 0 N–H and O–H groups in total. The lowest BCUT2D eigenvalue weighted by Crippen LogP contribution is -2.07. The number of hydrogen-bond acceptors (Lipinski definition) is 5. The Labute approximate surface area is 169 Å². The van der Waals surface area contributed by atoms with Gasteiger partial charge in [0.15, 0.2) is 0 Å². The first-order chi connectivity index (χ1) is 12.9. The van der Waals surface area contributed by atoms with E-state index in [1.54, 1.807) is 0 Å². The van der Waals surface area contributed by atoms with Crippen LogP contribution < -0.4 is 9.47 Å². The number of para-hydroxylation sites is 2. The normalized spacial score (nSPS) is 17.5. The zero-order valence-electron chi connectivity index (χ0n) is 15.0. The molecule has 0 spiro atoms. The molecular formula is C21H26O2S3. The third-order valence-corrected chi connectivity index (χ3v) is 7.53. The van der Waals surface area contributed by atoms with Crippen LogP contribution in [0.4, 0.5) is 0 Å². The van der Waals surface area contributed by atoms with Crippen LogP contribution in [0.1, 0.15) is 17.5 Å². The van der Waals surface area contributed by atoms with Crippen LogP contribution >= 0.6 is 35.3 Å². The van der Waals surface area contributed by atoms with Gasteiger partial charge in [0.25, 0.3) is 0 Å². The molecule has 1 aliphatic rings. The van der Waals surface area contributed by atoms with Gasteiger partial charge in [0, 0.05) is 52.1 Å². The van der Waals surface area contributed by atoms with Crippen molar-refractivity contribution < 1.29 is 9.47 Å². The second-order valence-corrected chi connectivity index (χ2v) is 9.42. The monoisotopic (exact) mass is 406 g/mol. The first-order valence-corrected chi connectivity index (χ1v) is 12.5. The van der Waals surface area contributed by atoms with Gasteiger partial charge in [-0.1, -0.05) is 36.4 Å². The summed E-state index contributed by atoms with van der Waals surface area (Å²) in [6.45, 7) is 1.38. The standard InChI is InChI=1S/C21H26O2S3/c1-3-8-20-18(6-1)16-25-14-12-24-13-15-26-17-19-7-2-4-9-21(19)23-11-5-10-22-20/h1-4,6-9H,5,10-17H2. The summed E-state index contributed by atoms with van der Waals surface area (Å²) in [6.07, 6.45) is 0.888. The maximum Gasteiger partial charge on any atom is 0.123 e. The molecule has 0 saturated carbocycles. The van der Waals surface area contributed by atoms with E-state index in [1.807, 2.05) is 23.5 Å². The van der Waals surface area contributed by atoms with Gasteiger partial charge in [-0.15, -0.1) is 0 Å². The lowest BCUT2D eigenvalue weighted by atomic mass is 10.2. The molecule has 2 aromatic carbocycles. The van der Waals surface area contributed by atoms with E-state index in [9.17, 15) is 0 Å². The van der Waals surface area contributed by atoms with Crippen molar-refractivity contribution in [1.29, 1.82) is 0 Å². The van der Waals surface area contributed by atoms with Gasteiger partial charge in [-0.3, -0.25) is 0 Å². The molecule has 0 amide bonds. The van der Waals surface area contributed by atoms with Crippen LogP contribution in [0.15, 0.2) is 48.5 Å². The topological polar surface area (TPSA) is 18.5 Å². The average Bonchev–Trinajstić information content (AvgIpc) is 2.68. The fourth-order valence-electron chi connectivity index (χ4n) is 2.65. The Kier molecular flexibility index (Phi) is 8.95. The molecule has 0 saturated heterocycles. The quantitative estimate of drug-likeness (QED) is 0.553. The van der Waals surface area contributed by atoms with Crippen molar-refractivity contribution in [3.8, 4) is 11.5 Å². The van der Waals surface area contributed by atoms with E-state index in [4.69, 9.17) is 9.47 Å². The van der Waals surface area contributed by atoms with Crippen LogP contribution in [0.3, 0.4) is 0 Å². The molecule has 1 heterocycles. The Balaban J connectivity index is 1.60. The molecule has 0 aliphatic carbocycles. The lowest BCUT2D eigenvalue weighted by Gasteiger charge is -2.14. The number of fused-ring (bicyclic) bond motifs is 2. The van der Waals surface area contributed by atoms with E-state index in [2.05, 4.69) is 60.3 Å². The van der Waals surface area contributed by atoms with E-state index in [0.29, 0.717) is 13.2 Å². The molecule has 5 heteroatoms. The Bertz CT molecular complexity index is 608. The smallest absolute Gasteiger partial charge is 0.123 e. The number of ether oxygens (including phenoxy) is 2. The van der Waals surface area contributed by atoms with Crippen molar-refractivity contribution in [2.75, 3.05) is 36.2 Å². The minimum atomic E-state index is 0.689. The van der Waals surface area contributed by atoms with Crippen LogP contribution in [0, 0.1) is 0 Å². The third-order valence-electron chi connectivity index (χ3n) is 4.01. The molecule has 2 nitrogen and oxygen atoms in total. The van der Waals surface area contributed by atoms with Crippen molar-refractivity contribution in [2.24, 2.45) is 0 Å². The minimum absolute atomic E-state index is 0.689. The molecule has 26 heavy (non-hydrogen) atoms. The summed E-state index contributed by atoms with van der Waals surface area (Å²) >= 11 is 6.05. The van der Waals surface area contributed by atoms with Crippen molar-refractivity contribution >= 4 is 35.3 Å². The summed E-state index contributed by atoms with van der Waals surface area (Å²) in [5, 5.41) is 0. The van der Waals surface area contributed by atoms with Crippen LogP contribution in [0.2, 0.25) is 0 Å². The molecule has 1 aliphatic heterocycles. The van der Waals surface area contributed by atoms with E-state index in [-0.39, 0.29) is 0 Å². The number of rotatable bonds is 0.